The van der Waals surface area contributed by atoms with Crippen LogP contribution < -0.4 is 4.74 Å². The van der Waals surface area contributed by atoms with Crippen molar-refractivity contribution in [2.45, 2.75) is 6.42 Å². The Morgan fingerprint density at radius 1 is 1.07 bits per heavy atom. The van der Waals surface area contributed by atoms with Crippen LogP contribution in [0.5, 0.6) is 5.75 Å². The van der Waals surface area contributed by atoms with E-state index in [1.807, 2.05) is 0 Å². The zero-order valence-corrected chi connectivity index (χ0v) is 14.9. The number of esters is 1. The molecule has 0 unspecified atom stereocenters. The number of amides is 2. The first-order chi connectivity index (χ1) is 13.0. The molecule has 0 aromatic heterocycles. The highest BCUT2D eigenvalue weighted by molar-refractivity contribution is 6.32. The number of carbonyl (C=O) groups excluding carboxylic acids is 3. The van der Waals surface area contributed by atoms with Gasteiger partial charge >= 0.3 is 5.97 Å². The van der Waals surface area contributed by atoms with Crippen molar-refractivity contribution in [2.75, 3.05) is 19.8 Å². The second-order valence-corrected chi connectivity index (χ2v) is 6.15. The van der Waals surface area contributed by atoms with Crippen LogP contribution in [0.15, 0.2) is 42.5 Å². The van der Waals surface area contributed by atoms with E-state index in [4.69, 9.17) is 21.1 Å². The Morgan fingerprint density at radius 3 is 2.37 bits per heavy atom. The first-order valence-corrected chi connectivity index (χ1v) is 8.54. The number of nitrogens with zero attached hydrogens (tertiary/aromatic N) is 1. The topological polar surface area (TPSA) is 72.9 Å². The fourth-order valence-corrected chi connectivity index (χ4v) is 2.84. The van der Waals surface area contributed by atoms with E-state index in [-0.39, 0.29) is 35.7 Å². The van der Waals surface area contributed by atoms with Crippen molar-refractivity contribution in [1.29, 1.82) is 0 Å². The molecule has 6 nitrogen and oxygen atoms in total. The van der Waals surface area contributed by atoms with Crippen LogP contribution in [0.1, 0.15) is 27.1 Å². The molecule has 1 aliphatic rings. The number of carbonyl (C=O) groups is 3. The van der Waals surface area contributed by atoms with Gasteiger partial charge in [0.05, 0.1) is 22.8 Å². The summed E-state index contributed by atoms with van der Waals surface area (Å²) >= 11 is 5.79. The van der Waals surface area contributed by atoms with Gasteiger partial charge in [-0.2, -0.15) is 0 Å². The highest BCUT2D eigenvalue weighted by atomic mass is 35.5. The fraction of sp³-hybridized carbons (Fsp3) is 0.211. The molecule has 0 atom stereocenters. The van der Waals surface area contributed by atoms with Gasteiger partial charge < -0.3 is 9.47 Å². The predicted octanol–water partition coefficient (Wildman–Crippen LogP) is 3.09. The third kappa shape index (κ3) is 4.25. The highest BCUT2D eigenvalue weighted by Gasteiger charge is 2.34. The molecule has 140 valence electrons. The Hall–Kier alpha value is -2.93. The first-order valence-electron chi connectivity index (χ1n) is 8.16. The van der Waals surface area contributed by atoms with Crippen LogP contribution in [0.25, 0.3) is 0 Å². The molecule has 0 N–H and O–H groups in total. The summed E-state index contributed by atoms with van der Waals surface area (Å²) in [5, 5.41) is 0.0495. The summed E-state index contributed by atoms with van der Waals surface area (Å²) in [6.07, 6.45) is 0.300. The SMILES string of the molecule is O=C(COc1ccc(F)cc1Cl)OCCCN1C(=O)c2ccccc2C1=O. The van der Waals surface area contributed by atoms with E-state index >= 15 is 0 Å². The molecule has 0 saturated heterocycles. The summed E-state index contributed by atoms with van der Waals surface area (Å²) in [4.78, 5) is 37.2. The zero-order chi connectivity index (χ0) is 19.4. The summed E-state index contributed by atoms with van der Waals surface area (Å²) in [5.41, 5.74) is 0.758. The van der Waals surface area contributed by atoms with E-state index in [2.05, 4.69) is 0 Å². The number of benzene rings is 2. The largest absolute Gasteiger partial charge is 0.480 e. The molecule has 0 spiro atoms. The van der Waals surface area contributed by atoms with Gasteiger partial charge in [0.2, 0.25) is 0 Å². The summed E-state index contributed by atoms with van der Waals surface area (Å²) in [6, 6.07) is 10.2. The Kier molecular flexibility index (Phi) is 5.71. The second kappa shape index (κ2) is 8.18. The number of hydrogen-bond donors (Lipinski definition) is 0. The van der Waals surface area contributed by atoms with Crippen molar-refractivity contribution >= 4 is 29.4 Å². The molecule has 8 heteroatoms. The minimum atomic E-state index is -0.641. The fourth-order valence-electron chi connectivity index (χ4n) is 2.62. The first kappa shape index (κ1) is 18.8. The Morgan fingerprint density at radius 2 is 1.74 bits per heavy atom. The molecule has 1 heterocycles. The molecule has 2 aromatic rings. The molecular formula is C19H15ClFNO5. The lowest BCUT2D eigenvalue weighted by molar-refractivity contribution is -0.146. The van der Waals surface area contributed by atoms with Crippen LogP contribution in [0.4, 0.5) is 4.39 Å². The van der Waals surface area contributed by atoms with Gasteiger partial charge in [0.1, 0.15) is 11.6 Å². The predicted molar refractivity (Wildman–Crippen MR) is 94.3 cm³/mol. The average molecular weight is 392 g/mol. The molecule has 1 aliphatic heterocycles. The average Bonchev–Trinajstić information content (AvgIpc) is 2.89. The van der Waals surface area contributed by atoms with Crippen LogP contribution in [-0.2, 0) is 9.53 Å². The van der Waals surface area contributed by atoms with Gasteiger partial charge in [-0.1, -0.05) is 23.7 Å². The van der Waals surface area contributed by atoms with Crippen molar-refractivity contribution in [1.82, 2.24) is 4.90 Å². The lowest BCUT2D eigenvalue weighted by atomic mass is 10.1. The molecule has 27 heavy (non-hydrogen) atoms. The smallest absolute Gasteiger partial charge is 0.344 e. The summed E-state index contributed by atoms with van der Waals surface area (Å²) in [6.45, 7) is -0.227. The Balaban J connectivity index is 1.41. The molecule has 3 rings (SSSR count). The lowest BCUT2D eigenvalue weighted by Gasteiger charge is -2.13. The van der Waals surface area contributed by atoms with Gasteiger partial charge in [-0.25, -0.2) is 9.18 Å². The number of rotatable bonds is 7. The van der Waals surface area contributed by atoms with E-state index in [1.54, 1.807) is 24.3 Å². The maximum atomic E-state index is 12.9. The van der Waals surface area contributed by atoms with Crippen LogP contribution in [0.2, 0.25) is 5.02 Å². The lowest BCUT2D eigenvalue weighted by Crippen LogP contribution is -2.31. The van der Waals surface area contributed by atoms with Gasteiger partial charge in [0.15, 0.2) is 6.61 Å². The van der Waals surface area contributed by atoms with Crippen LogP contribution in [-0.4, -0.2) is 42.4 Å². The van der Waals surface area contributed by atoms with Gasteiger partial charge in [0, 0.05) is 6.54 Å². The monoisotopic (exact) mass is 391 g/mol. The van der Waals surface area contributed by atoms with Crippen molar-refractivity contribution < 1.29 is 28.2 Å². The van der Waals surface area contributed by atoms with E-state index in [0.717, 1.165) is 17.0 Å². The molecule has 0 radical (unpaired) electrons. The van der Waals surface area contributed by atoms with Crippen molar-refractivity contribution in [3.63, 3.8) is 0 Å². The Labute approximate surface area is 159 Å². The van der Waals surface area contributed by atoms with E-state index in [1.165, 1.54) is 6.07 Å². The Bertz CT molecular complexity index is 866. The number of ether oxygens (including phenoxy) is 2. The van der Waals surface area contributed by atoms with Crippen molar-refractivity contribution in [3.05, 3.63) is 64.4 Å². The van der Waals surface area contributed by atoms with Crippen molar-refractivity contribution in [2.24, 2.45) is 0 Å². The van der Waals surface area contributed by atoms with Crippen LogP contribution in [0.3, 0.4) is 0 Å². The third-order valence-corrected chi connectivity index (χ3v) is 4.20. The highest BCUT2D eigenvalue weighted by Crippen LogP contribution is 2.25. The van der Waals surface area contributed by atoms with E-state index < -0.39 is 18.4 Å². The summed E-state index contributed by atoms with van der Waals surface area (Å²) in [7, 11) is 0. The quantitative estimate of drug-likeness (QED) is 0.412. The molecule has 2 amide bonds. The number of halogens is 2. The maximum Gasteiger partial charge on any atom is 0.344 e. The second-order valence-electron chi connectivity index (χ2n) is 5.74. The molecule has 2 aromatic carbocycles. The van der Waals surface area contributed by atoms with Gasteiger partial charge in [0.25, 0.3) is 11.8 Å². The number of fused-ring (bicyclic) bond motifs is 1. The minimum absolute atomic E-state index is 0.0206. The number of imide groups is 1. The third-order valence-electron chi connectivity index (χ3n) is 3.91. The molecule has 0 bridgehead atoms. The van der Waals surface area contributed by atoms with Crippen molar-refractivity contribution in [3.8, 4) is 5.75 Å². The maximum absolute atomic E-state index is 12.9. The number of hydrogen-bond acceptors (Lipinski definition) is 5. The zero-order valence-electron chi connectivity index (χ0n) is 14.1. The normalized spacial score (nSPS) is 12.9. The minimum Gasteiger partial charge on any atom is -0.480 e. The summed E-state index contributed by atoms with van der Waals surface area (Å²) in [5.74, 6) is -1.69. The molecule has 0 saturated carbocycles. The van der Waals surface area contributed by atoms with Gasteiger partial charge in [-0.05, 0) is 36.8 Å². The van der Waals surface area contributed by atoms with E-state index in [9.17, 15) is 18.8 Å². The molecular weight excluding hydrogens is 377 g/mol. The molecule has 0 fully saturated rings. The van der Waals surface area contributed by atoms with E-state index in [0.29, 0.717) is 17.5 Å². The van der Waals surface area contributed by atoms with Gasteiger partial charge in [-0.3, -0.25) is 14.5 Å². The van der Waals surface area contributed by atoms with Crippen LogP contribution >= 0.6 is 11.6 Å². The molecule has 0 aliphatic carbocycles. The summed E-state index contributed by atoms with van der Waals surface area (Å²) < 4.78 is 23.1. The standard InChI is InChI=1S/C19H15ClFNO5/c20-15-10-12(21)6-7-16(15)27-11-17(23)26-9-3-8-22-18(24)13-4-1-2-5-14(13)19(22)25/h1-2,4-7,10H,3,8-9,11H2. The van der Waals surface area contributed by atoms with Crippen LogP contribution in [0, 0.1) is 5.82 Å². The van der Waals surface area contributed by atoms with Gasteiger partial charge in [-0.15, -0.1) is 0 Å².